The average Bonchev–Trinajstić information content (AvgIpc) is 3.28. The van der Waals surface area contributed by atoms with Gasteiger partial charge in [-0.2, -0.15) is 0 Å². The van der Waals surface area contributed by atoms with Crippen LogP contribution >= 0.6 is 0 Å². The van der Waals surface area contributed by atoms with Crippen molar-refractivity contribution in [1.29, 1.82) is 0 Å². The van der Waals surface area contributed by atoms with Crippen LogP contribution in [-0.4, -0.2) is 44.6 Å². The highest BCUT2D eigenvalue weighted by molar-refractivity contribution is 5.93. The molecule has 0 aromatic carbocycles. The highest BCUT2D eigenvalue weighted by Crippen LogP contribution is 2.19. The molecule has 138 valence electrons. The number of anilines is 1. The number of carbonyl (C=O) groups excluding carboxylic acids is 1. The van der Waals surface area contributed by atoms with Crippen LogP contribution in [0.15, 0.2) is 37.2 Å². The number of pyridine rings is 1. The summed E-state index contributed by atoms with van der Waals surface area (Å²) in [5.41, 5.74) is 4.21. The van der Waals surface area contributed by atoms with Gasteiger partial charge in [-0.3, -0.25) is 9.78 Å². The lowest BCUT2D eigenvalue weighted by Gasteiger charge is -2.18. The summed E-state index contributed by atoms with van der Waals surface area (Å²) in [6.07, 6.45) is 6.11. The molecule has 1 atom stereocenters. The first kappa shape index (κ1) is 17.2. The van der Waals surface area contributed by atoms with E-state index in [9.17, 15) is 4.79 Å². The van der Waals surface area contributed by atoms with Gasteiger partial charge < -0.3 is 10.2 Å². The van der Waals surface area contributed by atoms with Crippen molar-refractivity contribution in [3.8, 4) is 0 Å². The third-order valence-corrected chi connectivity index (χ3v) is 4.97. The zero-order valence-corrected chi connectivity index (χ0v) is 15.5. The first-order valence-electron chi connectivity index (χ1n) is 9.01. The van der Waals surface area contributed by atoms with E-state index in [-0.39, 0.29) is 11.9 Å². The van der Waals surface area contributed by atoms with E-state index < -0.39 is 0 Å². The van der Waals surface area contributed by atoms with Gasteiger partial charge in [0.1, 0.15) is 11.5 Å². The van der Waals surface area contributed by atoms with Crippen LogP contribution < -0.4 is 10.2 Å². The molecule has 1 fully saturated rings. The van der Waals surface area contributed by atoms with Gasteiger partial charge in [0.15, 0.2) is 5.65 Å². The summed E-state index contributed by atoms with van der Waals surface area (Å²) in [5.74, 6) is 0.749. The summed E-state index contributed by atoms with van der Waals surface area (Å²) < 4.78 is 1.84. The van der Waals surface area contributed by atoms with E-state index in [2.05, 4.69) is 31.9 Å². The molecule has 1 saturated heterocycles. The molecular formula is C20H22N6O. The van der Waals surface area contributed by atoms with Gasteiger partial charge in [0.05, 0.1) is 11.9 Å². The molecule has 1 aliphatic rings. The molecule has 3 aromatic heterocycles. The van der Waals surface area contributed by atoms with E-state index in [1.54, 1.807) is 18.3 Å². The Hall–Kier alpha value is -3.22. The number of fused-ring (bicyclic) bond motifs is 1. The molecule has 7 heteroatoms. The third-order valence-electron chi connectivity index (χ3n) is 4.97. The standard InChI is InChI=1S/C20H22N6O/c1-4-15-11-21-17(9-13(15)2)20(27)23-16-7-8-25(12-16)19-6-5-18-22-10-14(3)26(18)24-19/h4-6,9-11,16H,1,7-8,12H2,2-3H3,(H,23,27)/t16-/m0/s1. The number of imidazole rings is 1. The molecule has 7 nitrogen and oxygen atoms in total. The lowest BCUT2D eigenvalue weighted by molar-refractivity contribution is 0.0935. The Morgan fingerprint density at radius 2 is 2.15 bits per heavy atom. The number of aromatic nitrogens is 4. The molecule has 3 aromatic rings. The van der Waals surface area contributed by atoms with Crippen LogP contribution in [0.3, 0.4) is 0 Å². The van der Waals surface area contributed by atoms with Crippen molar-refractivity contribution in [2.24, 2.45) is 0 Å². The summed E-state index contributed by atoms with van der Waals surface area (Å²) in [4.78, 5) is 23.3. The van der Waals surface area contributed by atoms with Crippen molar-refractivity contribution in [2.45, 2.75) is 26.3 Å². The van der Waals surface area contributed by atoms with Crippen molar-refractivity contribution in [1.82, 2.24) is 24.9 Å². The molecule has 0 spiro atoms. The summed E-state index contributed by atoms with van der Waals surface area (Å²) in [6.45, 7) is 9.25. The maximum atomic E-state index is 12.5. The average molecular weight is 362 g/mol. The van der Waals surface area contributed by atoms with Crippen LogP contribution in [0.5, 0.6) is 0 Å². The second-order valence-corrected chi connectivity index (χ2v) is 6.90. The third kappa shape index (κ3) is 3.28. The molecule has 0 bridgehead atoms. The predicted molar refractivity (Wildman–Crippen MR) is 105 cm³/mol. The Kier molecular flexibility index (Phi) is 4.35. The van der Waals surface area contributed by atoms with E-state index in [4.69, 9.17) is 0 Å². The first-order valence-corrected chi connectivity index (χ1v) is 9.01. The summed E-state index contributed by atoms with van der Waals surface area (Å²) >= 11 is 0. The summed E-state index contributed by atoms with van der Waals surface area (Å²) in [7, 11) is 0. The minimum Gasteiger partial charge on any atom is -0.353 e. The van der Waals surface area contributed by atoms with Crippen molar-refractivity contribution in [2.75, 3.05) is 18.0 Å². The predicted octanol–water partition coefficient (Wildman–Crippen LogP) is 2.39. The van der Waals surface area contributed by atoms with Gasteiger partial charge in [-0.15, -0.1) is 5.10 Å². The number of hydrogen-bond donors (Lipinski definition) is 1. The van der Waals surface area contributed by atoms with Crippen LogP contribution in [-0.2, 0) is 0 Å². The fourth-order valence-electron chi connectivity index (χ4n) is 3.40. The minimum absolute atomic E-state index is 0.0695. The van der Waals surface area contributed by atoms with Crippen molar-refractivity contribution in [3.63, 3.8) is 0 Å². The van der Waals surface area contributed by atoms with Crippen molar-refractivity contribution >= 4 is 23.4 Å². The molecule has 27 heavy (non-hydrogen) atoms. The number of hydrogen-bond acceptors (Lipinski definition) is 5. The largest absolute Gasteiger partial charge is 0.353 e. The highest BCUT2D eigenvalue weighted by atomic mass is 16.1. The molecular weight excluding hydrogens is 340 g/mol. The van der Waals surface area contributed by atoms with Crippen LogP contribution in [0.2, 0.25) is 0 Å². The van der Waals surface area contributed by atoms with E-state index in [1.165, 1.54) is 0 Å². The Balaban J connectivity index is 1.44. The van der Waals surface area contributed by atoms with Crippen LogP contribution in [0, 0.1) is 13.8 Å². The van der Waals surface area contributed by atoms with Crippen molar-refractivity contribution < 1.29 is 4.79 Å². The number of nitrogens with zero attached hydrogens (tertiary/aromatic N) is 5. The van der Waals surface area contributed by atoms with Crippen molar-refractivity contribution in [3.05, 3.63) is 59.7 Å². The van der Waals surface area contributed by atoms with Gasteiger partial charge in [-0.1, -0.05) is 12.7 Å². The van der Waals surface area contributed by atoms with E-state index >= 15 is 0 Å². The molecule has 0 aliphatic carbocycles. The zero-order valence-electron chi connectivity index (χ0n) is 15.5. The molecule has 0 saturated carbocycles. The van der Waals surface area contributed by atoms with Crippen LogP contribution in [0.1, 0.15) is 33.7 Å². The number of aryl methyl sites for hydroxylation is 2. The Morgan fingerprint density at radius 3 is 2.93 bits per heavy atom. The first-order chi connectivity index (χ1) is 13.0. The molecule has 1 aliphatic heterocycles. The van der Waals surface area contributed by atoms with E-state index in [1.807, 2.05) is 36.7 Å². The van der Waals surface area contributed by atoms with Gasteiger partial charge in [-0.05, 0) is 49.6 Å². The van der Waals surface area contributed by atoms with Gasteiger partial charge in [-0.25, -0.2) is 9.50 Å². The van der Waals surface area contributed by atoms with Crippen LogP contribution in [0.4, 0.5) is 5.82 Å². The van der Waals surface area contributed by atoms with E-state index in [0.29, 0.717) is 5.69 Å². The molecule has 4 rings (SSSR count). The molecule has 1 amide bonds. The topological polar surface area (TPSA) is 75.4 Å². The Morgan fingerprint density at radius 1 is 1.30 bits per heavy atom. The summed E-state index contributed by atoms with van der Waals surface area (Å²) in [5, 5.41) is 7.75. The maximum Gasteiger partial charge on any atom is 0.270 e. The van der Waals surface area contributed by atoms with Crippen LogP contribution in [0.25, 0.3) is 11.7 Å². The van der Waals surface area contributed by atoms with Gasteiger partial charge in [0.25, 0.3) is 5.91 Å². The lowest BCUT2D eigenvalue weighted by Crippen LogP contribution is -2.37. The smallest absolute Gasteiger partial charge is 0.270 e. The van der Waals surface area contributed by atoms with Gasteiger partial charge in [0.2, 0.25) is 0 Å². The summed E-state index contributed by atoms with van der Waals surface area (Å²) in [6, 6.07) is 5.82. The highest BCUT2D eigenvalue weighted by Gasteiger charge is 2.26. The molecule has 4 heterocycles. The Labute approximate surface area is 157 Å². The van der Waals surface area contributed by atoms with Gasteiger partial charge >= 0.3 is 0 Å². The zero-order chi connectivity index (χ0) is 19.0. The Bertz CT molecular complexity index is 1020. The number of carbonyl (C=O) groups is 1. The van der Waals surface area contributed by atoms with E-state index in [0.717, 1.165) is 47.8 Å². The second kappa shape index (κ2) is 6.83. The second-order valence-electron chi connectivity index (χ2n) is 6.90. The maximum absolute atomic E-state index is 12.5. The molecule has 0 unspecified atom stereocenters. The molecule has 0 radical (unpaired) electrons. The quantitative estimate of drug-likeness (QED) is 0.771. The molecule has 1 N–H and O–H groups in total. The normalized spacial score (nSPS) is 16.7. The minimum atomic E-state index is -0.144. The SMILES string of the molecule is C=Cc1cnc(C(=O)N[C@H]2CCN(c3ccc4ncc(C)n4n3)C2)cc1C. The van der Waals surface area contributed by atoms with Gasteiger partial charge in [0, 0.05) is 25.3 Å². The number of nitrogens with one attached hydrogen (secondary N) is 1. The number of amides is 1. The fraction of sp³-hybridized carbons (Fsp3) is 0.300. The monoisotopic (exact) mass is 362 g/mol. The lowest BCUT2D eigenvalue weighted by atomic mass is 10.1. The fourth-order valence-corrected chi connectivity index (χ4v) is 3.40. The number of rotatable bonds is 4.